The van der Waals surface area contributed by atoms with Gasteiger partial charge in [0, 0.05) is 55.0 Å². The molecule has 0 saturated carbocycles. The van der Waals surface area contributed by atoms with Crippen LogP contribution in [0.25, 0.3) is 54.7 Å². The summed E-state index contributed by atoms with van der Waals surface area (Å²) in [5, 5.41) is 17.0. The number of aliphatic hydroxyl groups is 1. The minimum atomic E-state index is 0. The number of nitrogens with zero attached hydrogens (tertiary/aromatic N) is 2. The average Bonchev–Trinajstić information content (AvgIpc) is 3.86. The molecule has 0 aliphatic carbocycles. The molecule has 6 heteroatoms. The standard InChI is InChI=1S/C25H20NO.C24H24N.C13H24O2.Ir/c1-15(2)17-8-9-19-18(14-17)10-11-26-24(19)22-13-16(3)12-21-20-6-4-5-7-23(20)27-25(21)22;1-15-11-16(2)13-18(12-15)23-20-10-9-17(14-24(3,4)5)19-7-6-8-21(25-23)22(19)20;1-5-10(6-2)12(14)9-13(15)11(7-3)8-4;/h4-12,14-15H,1-3H3;6-12H,14H2,1-5H3;9-11,14H,5-8H2,1-4H3;/q2*-1;;/b;;12-9-;. The Morgan fingerprint density at radius 3 is 2.12 bits per heavy atom. The van der Waals surface area contributed by atoms with Crippen LogP contribution in [0.3, 0.4) is 0 Å². The van der Waals surface area contributed by atoms with Crippen LogP contribution in [-0.2, 0) is 31.3 Å². The van der Waals surface area contributed by atoms with E-state index in [9.17, 15) is 9.90 Å². The van der Waals surface area contributed by atoms with Crippen LogP contribution in [0, 0.1) is 50.2 Å². The molecule has 0 spiro atoms. The van der Waals surface area contributed by atoms with Gasteiger partial charge in [-0.05, 0) is 106 Å². The number of benzene rings is 6. The Balaban J connectivity index is 0.000000174. The van der Waals surface area contributed by atoms with Crippen molar-refractivity contribution in [3.63, 3.8) is 0 Å². The van der Waals surface area contributed by atoms with E-state index in [0.29, 0.717) is 5.92 Å². The molecule has 0 unspecified atom stereocenters. The number of hydrogen-bond acceptors (Lipinski definition) is 5. The first-order chi connectivity index (χ1) is 32.0. The number of pyridine rings is 1. The number of rotatable bonds is 11. The van der Waals surface area contributed by atoms with E-state index in [1.807, 2.05) is 52.1 Å². The van der Waals surface area contributed by atoms with Gasteiger partial charge in [-0.2, -0.15) is 0 Å². The summed E-state index contributed by atoms with van der Waals surface area (Å²) >= 11 is 0. The number of aliphatic hydroxyl groups excluding tert-OH is 1. The number of carbonyl (C=O) groups excluding carboxylic acids is 1. The number of aryl methyl sites for hydroxylation is 3. The monoisotopic (exact) mass is 1080 g/mol. The van der Waals surface area contributed by atoms with Gasteiger partial charge in [-0.1, -0.05) is 155 Å². The van der Waals surface area contributed by atoms with Gasteiger partial charge in [0.2, 0.25) is 0 Å². The third-order valence-electron chi connectivity index (χ3n) is 13.0. The molecule has 0 fully saturated rings. The molecule has 1 aliphatic rings. The van der Waals surface area contributed by atoms with E-state index in [0.717, 1.165) is 98.8 Å². The molecular weight excluding hydrogens is 1010 g/mol. The van der Waals surface area contributed by atoms with Gasteiger partial charge in [-0.3, -0.25) is 9.79 Å². The van der Waals surface area contributed by atoms with Crippen LogP contribution in [0.15, 0.2) is 125 Å². The van der Waals surface area contributed by atoms with Gasteiger partial charge >= 0.3 is 0 Å². The Morgan fingerprint density at radius 2 is 1.44 bits per heavy atom. The number of fused-ring (bicyclic) bond motifs is 4. The van der Waals surface area contributed by atoms with E-state index in [1.165, 1.54) is 44.5 Å². The zero-order chi connectivity index (χ0) is 48.2. The van der Waals surface area contributed by atoms with Crippen LogP contribution < -0.4 is 0 Å². The first kappa shape index (κ1) is 51.7. The molecule has 0 atom stereocenters. The summed E-state index contributed by atoms with van der Waals surface area (Å²) in [5.41, 5.74) is 14.6. The maximum Gasteiger partial charge on any atom is 0.162 e. The number of carbonyl (C=O) groups is 1. The summed E-state index contributed by atoms with van der Waals surface area (Å²) in [7, 11) is 0. The minimum absolute atomic E-state index is 0. The zero-order valence-electron chi connectivity index (χ0n) is 42.2. The van der Waals surface area contributed by atoms with Crippen molar-refractivity contribution >= 4 is 60.7 Å². The molecule has 8 aromatic rings. The van der Waals surface area contributed by atoms with E-state index in [-0.39, 0.29) is 48.9 Å². The number of hydrogen-bond donors (Lipinski definition) is 1. The number of aromatic nitrogens is 1. The van der Waals surface area contributed by atoms with Crippen molar-refractivity contribution in [3.05, 3.63) is 166 Å². The molecule has 1 aliphatic heterocycles. The normalized spacial score (nSPS) is 12.4. The summed E-state index contributed by atoms with van der Waals surface area (Å²) in [6, 6.07) is 41.4. The number of aliphatic imine (C=N–C) groups is 1. The van der Waals surface area contributed by atoms with Gasteiger partial charge < -0.3 is 14.5 Å². The largest absolute Gasteiger partial charge is 0.512 e. The Kier molecular flexibility index (Phi) is 16.9. The fourth-order valence-corrected chi connectivity index (χ4v) is 9.47. The molecule has 3 heterocycles. The molecule has 0 amide bonds. The van der Waals surface area contributed by atoms with Crippen molar-refractivity contribution in [2.45, 2.75) is 121 Å². The summed E-state index contributed by atoms with van der Waals surface area (Å²) in [6.45, 7) is 25.7. The molecule has 1 N–H and O–H groups in total. The van der Waals surface area contributed by atoms with Crippen molar-refractivity contribution in [2.24, 2.45) is 22.2 Å². The summed E-state index contributed by atoms with van der Waals surface area (Å²) in [6.07, 6.45) is 7.86. The van der Waals surface area contributed by atoms with Crippen molar-refractivity contribution in [1.82, 2.24) is 4.98 Å². The van der Waals surface area contributed by atoms with Crippen LogP contribution in [-0.4, -0.2) is 21.6 Å². The van der Waals surface area contributed by atoms with Crippen molar-refractivity contribution in [1.29, 1.82) is 0 Å². The Labute approximate surface area is 418 Å². The number of furan rings is 1. The number of ketones is 1. The van der Waals surface area contributed by atoms with Gasteiger partial charge in [0.05, 0.1) is 17.0 Å². The third kappa shape index (κ3) is 11.4. The Hall–Kier alpha value is -5.68. The van der Waals surface area contributed by atoms with Gasteiger partial charge in [0.25, 0.3) is 0 Å². The maximum atomic E-state index is 11.7. The van der Waals surface area contributed by atoms with E-state index in [2.05, 4.69) is 146 Å². The smallest absolute Gasteiger partial charge is 0.162 e. The van der Waals surface area contributed by atoms with Crippen LogP contribution in [0.4, 0.5) is 5.69 Å². The van der Waals surface area contributed by atoms with Crippen molar-refractivity contribution in [3.8, 4) is 11.3 Å². The first-order valence-electron chi connectivity index (χ1n) is 24.4. The van der Waals surface area contributed by atoms with Crippen LogP contribution >= 0.6 is 0 Å². The molecule has 9 rings (SSSR count). The first-order valence-corrected chi connectivity index (χ1v) is 24.4. The van der Waals surface area contributed by atoms with Crippen molar-refractivity contribution in [2.75, 3.05) is 0 Å². The van der Waals surface area contributed by atoms with E-state index in [1.54, 1.807) is 0 Å². The van der Waals surface area contributed by atoms with Crippen LogP contribution in [0.1, 0.15) is 133 Å². The quantitative estimate of drug-likeness (QED) is 0.0795. The third-order valence-corrected chi connectivity index (χ3v) is 13.0. The summed E-state index contributed by atoms with van der Waals surface area (Å²) in [4.78, 5) is 21.4. The zero-order valence-corrected chi connectivity index (χ0v) is 44.5. The second-order valence-corrected chi connectivity index (χ2v) is 19.9. The van der Waals surface area contributed by atoms with Crippen LogP contribution in [0.5, 0.6) is 0 Å². The Morgan fingerprint density at radius 1 is 0.750 bits per heavy atom. The molecule has 1 radical (unpaired) electrons. The molecular formula is C62H68IrN2O3-2. The second kappa shape index (κ2) is 22.2. The summed E-state index contributed by atoms with van der Waals surface area (Å²) < 4.78 is 6.23. The second-order valence-electron chi connectivity index (χ2n) is 19.9. The molecule has 355 valence electrons. The van der Waals surface area contributed by atoms with Gasteiger partial charge in [-0.15, -0.1) is 52.6 Å². The fraction of sp³-hybridized carbons (Fsp3) is 0.339. The van der Waals surface area contributed by atoms with Gasteiger partial charge in [0.1, 0.15) is 5.58 Å². The van der Waals surface area contributed by atoms with Gasteiger partial charge in [0.15, 0.2) is 5.78 Å². The Bertz CT molecular complexity index is 3120. The van der Waals surface area contributed by atoms with Crippen molar-refractivity contribution < 1.29 is 34.4 Å². The predicted octanol–water partition coefficient (Wildman–Crippen LogP) is 17.2. The van der Waals surface area contributed by atoms with Gasteiger partial charge in [-0.25, -0.2) is 0 Å². The molecule has 68 heavy (non-hydrogen) atoms. The number of allylic oxidation sites excluding steroid dienone is 2. The average molecular weight is 1080 g/mol. The van der Waals surface area contributed by atoms with E-state index >= 15 is 0 Å². The molecule has 0 saturated heterocycles. The maximum absolute atomic E-state index is 11.7. The minimum Gasteiger partial charge on any atom is -0.512 e. The molecule has 5 nitrogen and oxygen atoms in total. The topological polar surface area (TPSA) is 75.7 Å². The van der Waals surface area contributed by atoms with Crippen LogP contribution in [0.2, 0.25) is 0 Å². The van der Waals surface area contributed by atoms with E-state index in [4.69, 9.17) is 14.4 Å². The molecule has 0 bridgehead atoms. The molecule has 2 aromatic heterocycles. The fourth-order valence-electron chi connectivity index (χ4n) is 9.47. The SMILES string of the molecule is CCC(CC)C(=O)/C=C(\O)C(CC)CC.Cc1[c-]c(-c2nccc3cc(C(C)C)ccc23)c2oc3ccccc3c2c1.Cc1[c-]c(C2=Nc3cccc4c(CC(C)(C)C)ccc2c34)cc(C)c1.[Ir]. The summed E-state index contributed by atoms with van der Waals surface area (Å²) in [5.74, 6) is 1.05. The predicted molar refractivity (Wildman–Crippen MR) is 283 cm³/mol. The molecule has 6 aromatic carbocycles. The van der Waals surface area contributed by atoms with E-state index < -0.39 is 0 Å². The number of para-hydroxylation sites is 1.